The summed E-state index contributed by atoms with van der Waals surface area (Å²) >= 11 is 0. The van der Waals surface area contributed by atoms with E-state index in [-0.39, 0.29) is 5.41 Å². The number of anilines is 1. The van der Waals surface area contributed by atoms with Crippen molar-refractivity contribution < 1.29 is 4.42 Å². The lowest BCUT2D eigenvalue weighted by Gasteiger charge is -2.14. The van der Waals surface area contributed by atoms with Crippen molar-refractivity contribution in [2.45, 2.75) is 20.8 Å². The first kappa shape index (κ1) is 9.66. The van der Waals surface area contributed by atoms with Gasteiger partial charge in [0.2, 0.25) is 0 Å². The Hall–Kier alpha value is -1.43. The van der Waals surface area contributed by atoms with E-state index in [1.165, 1.54) is 0 Å². The number of nitriles is 1. The molecule has 0 atom stereocenters. The quantitative estimate of drug-likeness (QED) is 0.773. The molecular weight excluding hydrogens is 164 g/mol. The smallest absolute Gasteiger partial charge is 0.193 e. The average Bonchev–Trinajstić information content (AvgIpc) is 2.48. The molecule has 0 saturated carbocycles. The molecule has 0 bridgehead atoms. The molecule has 0 fully saturated rings. The molecule has 0 spiro atoms. The normalized spacial score (nSPS) is 10.9. The van der Waals surface area contributed by atoms with Gasteiger partial charge in [-0.15, -0.1) is 0 Å². The highest BCUT2D eigenvalue weighted by atomic mass is 16.4. The summed E-state index contributed by atoms with van der Waals surface area (Å²) in [5, 5.41) is 11.8. The first-order valence-corrected chi connectivity index (χ1v) is 4.25. The van der Waals surface area contributed by atoms with Gasteiger partial charge in [-0.25, -0.2) is 0 Å². The Balaban J connectivity index is 2.49. The van der Waals surface area contributed by atoms with Crippen LogP contribution in [-0.2, 0) is 0 Å². The fourth-order valence-corrected chi connectivity index (χ4v) is 0.877. The third kappa shape index (κ3) is 2.83. The summed E-state index contributed by atoms with van der Waals surface area (Å²) in [4.78, 5) is 0. The molecule has 1 heterocycles. The van der Waals surface area contributed by atoms with Crippen molar-refractivity contribution in [1.82, 2.24) is 0 Å². The standard InChI is InChI=1S/C10H14N2O/c1-8-4-5-9(13-8)12-7-10(2,3)6-11/h4-5,12H,7H2,1-3H3. The van der Waals surface area contributed by atoms with Gasteiger partial charge in [0.1, 0.15) is 5.76 Å². The molecule has 0 aliphatic rings. The van der Waals surface area contributed by atoms with Crippen molar-refractivity contribution >= 4 is 5.88 Å². The molecule has 70 valence electrons. The Labute approximate surface area is 78.4 Å². The van der Waals surface area contributed by atoms with Crippen LogP contribution >= 0.6 is 0 Å². The van der Waals surface area contributed by atoms with Crippen LogP contribution in [0.2, 0.25) is 0 Å². The van der Waals surface area contributed by atoms with Crippen LogP contribution in [0.15, 0.2) is 16.5 Å². The molecule has 0 unspecified atom stereocenters. The van der Waals surface area contributed by atoms with E-state index in [9.17, 15) is 0 Å². The Bertz CT molecular complexity index is 320. The number of nitrogens with zero attached hydrogens (tertiary/aromatic N) is 1. The van der Waals surface area contributed by atoms with Crippen molar-refractivity contribution in [3.63, 3.8) is 0 Å². The minimum Gasteiger partial charge on any atom is -0.446 e. The van der Waals surface area contributed by atoms with Crippen LogP contribution in [0.25, 0.3) is 0 Å². The fourth-order valence-electron chi connectivity index (χ4n) is 0.877. The minimum absolute atomic E-state index is 0.360. The van der Waals surface area contributed by atoms with Crippen LogP contribution in [0.5, 0.6) is 0 Å². The van der Waals surface area contributed by atoms with Crippen LogP contribution in [0.4, 0.5) is 5.88 Å². The van der Waals surface area contributed by atoms with Gasteiger partial charge in [-0.2, -0.15) is 5.26 Å². The molecule has 3 heteroatoms. The van der Waals surface area contributed by atoms with E-state index >= 15 is 0 Å². The van der Waals surface area contributed by atoms with Crippen LogP contribution in [-0.4, -0.2) is 6.54 Å². The molecule has 0 aliphatic carbocycles. The molecule has 0 amide bonds. The lowest BCUT2D eigenvalue weighted by molar-refractivity contribution is 0.500. The number of hydrogen-bond acceptors (Lipinski definition) is 3. The Kier molecular flexibility index (Phi) is 2.62. The summed E-state index contributed by atoms with van der Waals surface area (Å²) in [6.07, 6.45) is 0. The SMILES string of the molecule is Cc1ccc(NCC(C)(C)C#N)o1. The van der Waals surface area contributed by atoms with Crippen LogP contribution < -0.4 is 5.32 Å². The van der Waals surface area contributed by atoms with Crippen molar-refractivity contribution in [3.8, 4) is 6.07 Å². The summed E-state index contributed by atoms with van der Waals surface area (Å²) in [5.74, 6) is 1.60. The van der Waals surface area contributed by atoms with Crippen LogP contribution in [0.3, 0.4) is 0 Å². The Morgan fingerprint density at radius 1 is 1.54 bits per heavy atom. The molecule has 1 aromatic heterocycles. The molecule has 0 aromatic carbocycles. The topological polar surface area (TPSA) is 49.0 Å². The maximum absolute atomic E-state index is 8.76. The molecule has 0 saturated heterocycles. The third-order valence-electron chi connectivity index (χ3n) is 1.75. The zero-order valence-electron chi connectivity index (χ0n) is 8.22. The van der Waals surface area contributed by atoms with Gasteiger partial charge in [0.15, 0.2) is 5.88 Å². The highest BCUT2D eigenvalue weighted by molar-refractivity contribution is 5.32. The predicted molar refractivity (Wildman–Crippen MR) is 51.3 cm³/mol. The second kappa shape index (κ2) is 3.53. The molecular formula is C10H14N2O. The zero-order valence-corrected chi connectivity index (χ0v) is 8.22. The van der Waals surface area contributed by atoms with E-state index in [4.69, 9.17) is 9.68 Å². The van der Waals surface area contributed by atoms with Crippen molar-refractivity contribution in [1.29, 1.82) is 5.26 Å². The van der Waals surface area contributed by atoms with Crippen molar-refractivity contribution in [2.24, 2.45) is 5.41 Å². The number of aryl methyl sites for hydroxylation is 1. The van der Waals surface area contributed by atoms with E-state index in [1.807, 2.05) is 32.9 Å². The lowest BCUT2D eigenvalue weighted by Crippen LogP contribution is -2.20. The monoisotopic (exact) mass is 178 g/mol. The number of hydrogen-bond donors (Lipinski definition) is 1. The number of rotatable bonds is 3. The van der Waals surface area contributed by atoms with Crippen molar-refractivity contribution in [2.75, 3.05) is 11.9 Å². The first-order valence-electron chi connectivity index (χ1n) is 4.25. The Morgan fingerprint density at radius 2 is 2.23 bits per heavy atom. The second-order valence-corrected chi connectivity index (χ2v) is 3.76. The van der Waals surface area contributed by atoms with Gasteiger partial charge in [-0.3, -0.25) is 0 Å². The van der Waals surface area contributed by atoms with Gasteiger partial charge in [0, 0.05) is 12.6 Å². The molecule has 1 N–H and O–H groups in total. The molecule has 0 radical (unpaired) electrons. The van der Waals surface area contributed by atoms with Gasteiger partial charge >= 0.3 is 0 Å². The van der Waals surface area contributed by atoms with E-state index in [0.29, 0.717) is 6.54 Å². The van der Waals surface area contributed by atoms with E-state index < -0.39 is 0 Å². The fraction of sp³-hybridized carbons (Fsp3) is 0.500. The van der Waals surface area contributed by atoms with E-state index in [1.54, 1.807) is 0 Å². The van der Waals surface area contributed by atoms with Gasteiger partial charge < -0.3 is 9.73 Å². The van der Waals surface area contributed by atoms with Gasteiger partial charge in [-0.05, 0) is 26.8 Å². The van der Waals surface area contributed by atoms with Gasteiger partial charge in [0.25, 0.3) is 0 Å². The highest BCUT2D eigenvalue weighted by Crippen LogP contribution is 2.17. The van der Waals surface area contributed by atoms with Crippen LogP contribution in [0.1, 0.15) is 19.6 Å². The summed E-state index contributed by atoms with van der Waals surface area (Å²) in [5.41, 5.74) is -0.360. The number of furan rings is 1. The summed E-state index contributed by atoms with van der Waals surface area (Å²) in [7, 11) is 0. The summed E-state index contributed by atoms with van der Waals surface area (Å²) < 4.78 is 5.30. The molecule has 0 aliphatic heterocycles. The molecule has 1 rings (SSSR count). The molecule has 13 heavy (non-hydrogen) atoms. The summed E-state index contributed by atoms with van der Waals surface area (Å²) in [6, 6.07) is 5.97. The first-order chi connectivity index (χ1) is 6.03. The maximum atomic E-state index is 8.76. The predicted octanol–water partition coefficient (Wildman–Crippen LogP) is 2.55. The zero-order chi connectivity index (χ0) is 9.90. The number of nitrogens with one attached hydrogen (secondary N) is 1. The van der Waals surface area contributed by atoms with Crippen LogP contribution in [0, 0.1) is 23.7 Å². The molecule has 1 aromatic rings. The van der Waals surface area contributed by atoms with E-state index in [0.717, 1.165) is 11.6 Å². The minimum atomic E-state index is -0.360. The van der Waals surface area contributed by atoms with E-state index in [2.05, 4.69) is 11.4 Å². The van der Waals surface area contributed by atoms with Crippen molar-refractivity contribution in [3.05, 3.63) is 17.9 Å². The summed E-state index contributed by atoms with van der Waals surface area (Å²) in [6.45, 7) is 6.25. The van der Waals surface area contributed by atoms with Gasteiger partial charge in [0.05, 0.1) is 11.5 Å². The highest BCUT2D eigenvalue weighted by Gasteiger charge is 2.16. The van der Waals surface area contributed by atoms with Gasteiger partial charge in [-0.1, -0.05) is 0 Å². The molecule has 3 nitrogen and oxygen atoms in total. The Morgan fingerprint density at radius 3 is 2.69 bits per heavy atom. The third-order valence-corrected chi connectivity index (χ3v) is 1.75. The second-order valence-electron chi connectivity index (χ2n) is 3.76. The largest absolute Gasteiger partial charge is 0.446 e. The maximum Gasteiger partial charge on any atom is 0.193 e. The average molecular weight is 178 g/mol. The lowest BCUT2D eigenvalue weighted by atomic mass is 9.96.